The Kier molecular flexibility index (Phi) is 19.6. The van der Waals surface area contributed by atoms with Gasteiger partial charge in [-0.1, -0.05) is 121 Å². The molecule has 4 aromatic carbocycles. The molecule has 16 heteroatoms. The zero-order valence-electron chi connectivity index (χ0n) is 54.5. The second-order valence-electron chi connectivity index (χ2n) is 28.7. The van der Waals surface area contributed by atoms with Crippen molar-refractivity contribution < 1.29 is 58.6 Å². The van der Waals surface area contributed by atoms with Crippen LogP contribution in [-0.2, 0) is 40.8 Å². The van der Waals surface area contributed by atoms with Gasteiger partial charge in [0, 0.05) is 106 Å². The smallest absolute Gasteiger partial charge is 0.311 e. The highest BCUT2D eigenvalue weighted by atomic mass is 16.5. The van der Waals surface area contributed by atoms with Gasteiger partial charge in [-0.25, -0.2) is 0 Å². The summed E-state index contributed by atoms with van der Waals surface area (Å²) in [7, 11) is 0. The molecule has 4 N–H and O–H groups in total. The highest BCUT2D eigenvalue weighted by Gasteiger charge is 2.76. The summed E-state index contributed by atoms with van der Waals surface area (Å²) >= 11 is 0. The van der Waals surface area contributed by atoms with E-state index in [1.165, 1.54) is 0 Å². The number of carbonyl (C=O) groups is 4. The van der Waals surface area contributed by atoms with Crippen molar-refractivity contribution in [2.75, 3.05) is 0 Å². The van der Waals surface area contributed by atoms with E-state index in [0.717, 1.165) is 64.2 Å². The topological polar surface area (TPSA) is 236 Å². The maximum absolute atomic E-state index is 13.8. The lowest BCUT2D eigenvalue weighted by molar-refractivity contribution is -0.136. The molecule has 2 aliphatic heterocycles. The fraction of sp³-hybridized carbons (Fsp3) is 0.568. The Morgan fingerprint density at radius 2 is 0.667 bits per heavy atom. The molecule has 0 saturated heterocycles. The van der Waals surface area contributed by atoms with E-state index in [0.29, 0.717) is 94.5 Å². The van der Waals surface area contributed by atoms with Gasteiger partial charge >= 0.3 is 23.9 Å². The van der Waals surface area contributed by atoms with E-state index in [2.05, 4.69) is 27.7 Å². The first-order valence-electron chi connectivity index (χ1n) is 33.3. The Morgan fingerprint density at radius 3 is 0.933 bits per heavy atom. The van der Waals surface area contributed by atoms with Gasteiger partial charge in [-0.15, -0.1) is 0 Å². The van der Waals surface area contributed by atoms with E-state index >= 15 is 0 Å². The van der Waals surface area contributed by atoms with Crippen molar-refractivity contribution in [1.82, 2.24) is 0 Å². The van der Waals surface area contributed by atoms with E-state index in [1.54, 1.807) is 61.3 Å². The molecule has 10 rings (SSSR count). The number of phenols is 4. The number of esters is 4. The molecular weight excluding hydrogens is 1140 g/mol. The average Bonchev–Trinajstić information content (AvgIpc) is 1.48. The molecule has 10 bridgehead atoms. The minimum absolute atomic E-state index is 0.0366. The summed E-state index contributed by atoms with van der Waals surface area (Å²) < 4.78 is 24.2. The molecule has 4 saturated carbocycles. The Hall–Kier alpha value is -7.36. The van der Waals surface area contributed by atoms with Gasteiger partial charge in [0.15, 0.2) is 0 Å². The minimum atomic E-state index is -0.547. The molecule has 10 atom stereocenters. The first-order valence-corrected chi connectivity index (χ1v) is 33.3. The number of phenolic OH excluding ortho intramolecular Hbond substituents is 4. The lowest BCUT2D eigenvalue weighted by Crippen LogP contribution is -2.27. The predicted molar refractivity (Wildman–Crippen MR) is 350 cm³/mol. The molecule has 6 unspecified atom stereocenters. The lowest BCUT2D eigenvalue weighted by Gasteiger charge is -2.26. The summed E-state index contributed by atoms with van der Waals surface area (Å²) in [4.78, 5) is 74.8. The van der Waals surface area contributed by atoms with Crippen molar-refractivity contribution >= 4 is 48.7 Å². The number of carbonyl (C=O) groups excluding carboxylic acids is 4. The van der Waals surface area contributed by atoms with Crippen LogP contribution in [0.3, 0.4) is 0 Å². The summed E-state index contributed by atoms with van der Waals surface area (Å²) in [5.41, 5.74) is 2.14. The van der Waals surface area contributed by atoms with Gasteiger partial charge in [-0.3, -0.25) is 39.1 Å². The van der Waals surface area contributed by atoms with Crippen molar-refractivity contribution in [2.24, 2.45) is 43.6 Å². The Bertz CT molecular complexity index is 3270. The summed E-state index contributed by atoms with van der Waals surface area (Å²) in [6.07, 6.45) is 18.3. The van der Waals surface area contributed by atoms with E-state index in [-0.39, 0.29) is 108 Å². The van der Waals surface area contributed by atoms with E-state index in [4.69, 9.17) is 38.9 Å². The molecule has 0 amide bonds. The molecule has 0 aromatic heterocycles. The van der Waals surface area contributed by atoms with E-state index in [9.17, 15) is 39.6 Å². The van der Waals surface area contributed by atoms with Gasteiger partial charge in [-0.05, 0) is 134 Å². The molecule has 4 fully saturated rings. The zero-order chi connectivity index (χ0) is 64.5. The number of rotatable bonds is 2. The van der Waals surface area contributed by atoms with Crippen LogP contribution in [0.4, 0.5) is 0 Å². The van der Waals surface area contributed by atoms with Gasteiger partial charge in [0.2, 0.25) is 0 Å². The summed E-state index contributed by atoms with van der Waals surface area (Å²) in [5.74, 6) is 0.0733. The number of aliphatic imine (C=N–C) groups is 4. The molecule has 2 heterocycles. The molecule has 4 aromatic rings. The highest BCUT2D eigenvalue weighted by molar-refractivity contribution is 5.89. The standard InChI is InChI=1S/C74H94N4O12/c1-11-51-65-66-52(12-2)74(66,10)56-38-50-34-46(70(56)86)42-78-60-26-22-21-25-59(60)77-41-45-33-49(37-55(69(45)85)73(51,65)9)89-63(81)29-17-13-15-27-61(79)87-47-31-43(67(83)53(35-47)71(3,4)5)39-75-57-23-19-20-24-58(57)76-40-44-32-48(36-54(68(44)84)72(6,7)8)88-62(80)28-16-14-18-30-64(82)90-50/h31-42,51-52,57-60,65-66,83-86H,11-30H2,1-10H3/b75-39+,76-40+,77-41+,78-42+/t51?,52?,57-,58-,59-,60-,65?,66?,73?,74?/m0/s1. The molecule has 482 valence electrons. The van der Waals surface area contributed by atoms with E-state index in [1.807, 2.05) is 53.7 Å². The van der Waals surface area contributed by atoms with Crippen LogP contribution in [0.25, 0.3) is 0 Å². The van der Waals surface area contributed by atoms with Gasteiger partial charge in [0.05, 0.1) is 24.2 Å². The van der Waals surface area contributed by atoms with Crippen LogP contribution in [0.15, 0.2) is 68.5 Å². The SMILES string of the molecule is CCC1C2C3C(CC)C3(C)c3cc4cc(c3O)/C=N/[C@H]3CCCC[C@@H]3/N=C/c3cc(cc(c3O)C12C)OC(=O)CCCCCC(=O)Oc1cc(c(O)c(C(C)(C)C)c1)/C=N/[C@H]1CCCC[C@@H]1/N=C/c1cc(cc(C(C)(C)C)c1O)OC(=O)CCCCCC(=O)O4. The zero-order valence-corrected chi connectivity index (χ0v) is 54.5. The van der Waals surface area contributed by atoms with Crippen LogP contribution < -0.4 is 18.9 Å². The maximum Gasteiger partial charge on any atom is 0.311 e. The van der Waals surface area contributed by atoms with Crippen LogP contribution in [0.5, 0.6) is 46.0 Å². The number of nitrogens with zero attached hydrogens (tertiary/aromatic N) is 4. The summed E-state index contributed by atoms with van der Waals surface area (Å²) in [5, 5.41) is 48.2. The molecule has 16 nitrogen and oxygen atoms in total. The van der Waals surface area contributed by atoms with Crippen molar-refractivity contribution in [3.63, 3.8) is 0 Å². The van der Waals surface area contributed by atoms with Crippen LogP contribution in [0, 0.1) is 23.7 Å². The Labute approximate surface area is 531 Å². The van der Waals surface area contributed by atoms with Crippen LogP contribution >= 0.6 is 0 Å². The van der Waals surface area contributed by atoms with E-state index < -0.39 is 45.5 Å². The van der Waals surface area contributed by atoms with Crippen LogP contribution in [-0.4, -0.2) is 93.3 Å². The lowest BCUT2D eigenvalue weighted by atomic mass is 9.85. The molecule has 4 aliphatic carbocycles. The molecule has 90 heavy (non-hydrogen) atoms. The second kappa shape index (κ2) is 26.8. The van der Waals surface area contributed by atoms with Gasteiger partial charge in [0.1, 0.15) is 46.0 Å². The van der Waals surface area contributed by atoms with Crippen LogP contribution in [0.2, 0.25) is 0 Å². The molecular formula is C74H94N4O12. The monoisotopic (exact) mass is 1230 g/mol. The third-order valence-corrected chi connectivity index (χ3v) is 20.5. The first-order chi connectivity index (χ1) is 42.8. The van der Waals surface area contributed by atoms with Gasteiger partial charge < -0.3 is 39.4 Å². The number of benzene rings is 4. The molecule has 0 spiro atoms. The maximum atomic E-state index is 13.8. The number of aromatic hydroxyl groups is 4. The largest absolute Gasteiger partial charge is 0.507 e. The van der Waals surface area contributed by atoms with Gasteiger partial charge in [-0.2, -0.15) is 0 Å². The fourth-order valence-electron chi connectivity index (χ4n) is 15.5. The number of ether oxygens (including phenoxy) is 4. The summed E-state index contributed by atoms with van der Waals surface area (Å²) in [6, 6.07) is 12.7. The van der Waals surface area contributed by atoms with Crippen LogP contribution in [0.1, 0.15) is 242 Å². The van der Waals surface area contributed by atoms with Crippen molar-refractivity contribution in [1.29, 1.82) is 0 Å². The molecule has 6 aliphatic rings. The quantitative estimate of drug-likeness (QED) is 0.108. The fourth-order valence-corrected chi connectivity index (χ4v) is 15.5. The molecule has 0 radical (unpaired) electrons. The first kappa shape index (κ1) is 65.6. The highest BCUT2D eigenvalue weighted by Crippen LogP contribution is 2.79. The van der Waals surface area contributed by atoms with Crippen molar-refractivity contribution in [3.8, 4) is 46.0 Å². The number of fused-ring (bicyclic) bond motifs is 10. The Balaban J connectivity index is 0.966. The predicted octanol–water partition coefficient (Wildman–Crippen LogP) is 14.9. The third kappa shape index (κ3) is 14.1. The van der Waals surface area contributed by atoms with Gasteiger partial charge in [0.25, 0.3) is 0 Å². The van der Waals surface area contributed by atoms with Crippen molar-refractivity contribution in [2.45, 2.75) is 243 Å². The summed E-state index contributed by atoms with van der Waals surface area (Å²) in [6.45, 7) is 20.5. The average molecular weight is 1230 g/mol. The van der Waals surface area contributed by atoms with Crippen molar-refractivity contribution in [3.05, 3.63) is 93.0 Å². The normalized spacial score (nSPS) is 29.6. The number of hydrogen-bond acceptors (Lipinski definition) is 16. The minimum Gasteiger partial charge on any atom is -0.507 e. The number of hydrogen-bond donors (Lipinski definition) is 4. The Morgan fingerprint density at radius 1 is 0.400 bits per heavy atom. The third-order valence-electron chi connectivity index (χ3n) is 20.5. The second-order valence-corrected chi connectivity index (χ2v) is 28.7.